The van der Waals surface area contributed by atoms with Crippen molar-refractivity contribution in [1.29, 1.82) is 0 Å². The van der Waals surface area contributed by atoms with Crippen molar-refractivity contribution in [2.45, 2.75) is 45.1 Å². The smallest absolute Gasteiger partial charge is 0.0564 e. The second-order valence-corrected chi connectivity index (χ2v) is 5.72. The van der Waals surface area contributed by atoms with E-state index in [2.05, 4.69) is 43.0 Å². The Balaban J connectivity index is 1.79. The first kappa shape index (κ1) is 13.6. The van der Waals surface area contributed by atoms with Crippen LogP contribution in [0.1, 0.15) is 43.7 Å². The molecule has 1 aromatic rings. The monoisotopic (exact) mass is 247 g/mol. The number of rotatable bonds is 4. The molecule has 18 heavy (non-hydrogen) atoms. The zero-order valence-electron chi connectivity index (χ0n) is 11.6. The van der Waals surface area contributed by atoms with Crippen LogP contribution in [0.3, 0.4) is 0 Å². The predicted molar refractivity (Wildman–Crippen MR) is 75.9 cm³/mol. The van der Waals surface area contributed by atoms with Crippen molar-refractivity contribution in [3.63, 3.8) is 0 Å². The van der Waals surface area contributed by atoms with Gasteiger partial charge >= 0.3 is 0 Å². The number of aliphatic hydroxyl groups excluding tert-OH is 1. The Hall–Kier alpha value is -0.860. The number of aliphatic hydroxyl groups is 1. The first-order valence-electron chi connectivity index (χ1n) is 7.14. The van der Waals surface area contributed by atoms with Crippen LogP contribution in [0.2, 0.25) is 0 Å². The third-order valence-electron chi connectivity index (χ3n) is 3.92. The van der Waals surface area contributed by atoms with E-state index in [9.17, 15) is 5.11 Å². The van der Waals surface area contributed by atoms with Gasteiger partial charge in [0.25, 0.3) is 0 Å². The maximum atomic E-state index is 9.47. The normalized spacial score (nSPS) is 18.4. The molecule has 1 heterocycles. The van der Waals surface area contributed by atoms with Crippen molar-refractivity contribution in [3.05, 3.63) is 35.4 Å². The van der Waals surface area contributed by atoms with Crippen molar-refractivity contribution in [3.8, 4) is 0 Å². The molecule has 0 aliphatic carbocycles. The summed E-state index contributed by atoms with van der Waals surface area (Å²) in [6.45, 7) is 7.67. The van der Waals surface area contributed by atoms with Gasteiger partial charge in [0.1, 0.15) is 0 Å². The Labute approximate surface area is 111 Å². The van der Waals surface area contributed by atoms with Crippen molar-refractivity contribution < 1.29 is 5.11 Å². The number of benzene rings is 1. The molecule has 0 spiro atoms. The molecule has 2 nitrogen and oxygen atoms in total. The van der Waals surface area contributed by atoms with E-state index in [1.165, 1.54) is 11.1 Å². The molecular weight excluding hydrogens is 222 g/mol. The molecule has 1 aliphatic heterocycles. The molecule has 1 aliphatic rings. The minimum atomic E-state index is -0.0634. The Bertz CT molecular complexity index is 350. The van der Waals surface area contributed by atoms with Gasteiger partial charge in [-0.25, -0.2) is 0 Å². The Morgan fingerprint density at radius 2 is 1.78 bits per heavy atom. The average molecular weight is 247 g/mol. The molecule has 0 atom stereocenters. The van der Waals surface area contributed by atoms with Gasteiger partial charge in [-0.05, 0) is 36.3 Å². The average Bonchev–Trinajstić information content (AvgIpc) is 2.38. The van der Waals surface area contributed by atoms with Crippen molar-refractivity contribution >= 4 is 0 Å². The first-order chi connectivity index (χ1) is 8.65. The standard InChI is InChI=1S/C16H25NO/c1-13(2)15-5-3-14(4-6-15)7-10-17-11-8-16(18)9-12-17/h3-6,13,16,18H,7-12H2,1-2H3. The van der Waals surface area contributed by atoms with Crippen LogP contribution in [-0.4, -0.2) is 35.7 Å². The summed E-state index contributed by atoms with van der Waals surface area (Å²) in [7, 11) is 0. The Kier molecular flexibility index (Phi) is 4.79. The van der Waals surface area contributed by atoms with E-state index >= 15 is 0 Å². The largest absolute Gasteiger partial charge is 0.393 e. The molecule has 0 amide bonds. The number of hydrogen-bond acceptors (Lipinski definition) is 2. The van der Waals surface area contributed by atoms with Crippen LogP contribution >= 0.6 is 0 Å². The molecule has 1 N–H and O–H groups in total. The highest BCUT2D eigenvalue weighted by molar-refractivity contribution is 5.24. The highest BCUT2D eigenvalue weighted by Crippen LogP contribution is 2.16. The minimum Gasteiger partial charge on any atom is -0.393 e. The van der Waals surface area contributed by atoms with E-state index < -0.39 is 0 Å². The van der Waals surface area contributed by atoms with Crippen molar-refractivity contribution in [2.75, 3.05) is 19.6 Å². The fourth-order valence-electron chi connectivity index (χ4n) is 2.50. The summed E-state index contributed by atoms with van der Waals surface area (Å²) in [5.41, 5.74) is 2.84. The van der Waals surface area contributed by atoms with E-state index in [1.54, 1.807) is 0 Å². The topological polar surface area (TPSA) is 23.5 Å². The van der Waals surface area contributed by atoms with Gasteiger partial charge in [-0.3, -0.25) is 0 Å². The number of hydrogen-bond donors (Lipinski definition) is 1. The van der Waals surface area contributed by atoms with E-state index in [4.69, 9.17) is 0 Å². The highest BCUT2D eigenvalue weighted by Gasteiger charge is 2.16. The number of nitrogens with zero attached hydrogens (tertiary/aromatic N) is 1. The molecule has 1 saturated heterocycles. The van der Waals surface area contributed by atoms with Gasteiger partial charge in [-0.2, -0.15) is 0 Å². The molecule has 0 bridgehead atoms. The predicted octanol–water partition coefficient (Wildman–Crippen LogP) is 2.81. The fraction of sp³-hybridized carbons (Fsp3) is 0.625. The summed E-state index contributed by atoms with van der Waals surface area (Å²) >= 11 is 0. The van der Waals surface area contributed by atoms with Crippen molar-refractivity contribution in [2.24, 2.45) is 0 Å². The van der Waals surface area contributed by atoms with Crippen LogP contribution in [-0.2, 0) is 6.42 Å². The summed E-state index contributed by atoms with van der Waals surface area (Å²) in [4.78, 5) is 2.46. The first-order valence-corrected chi connectivity index (χ1v) is 7.14. The van der Waals surface area contributed by atoms with Gasteiger partial charge in [0, 0.05) is 19.6 Å². The SMILES string of the molecule is CC(C)c1ccc(CCN2CCC(O)CC2)cc1. The van der Waals surface area contributed by atoms with Gasteiger partial charge < -0.3 is 10.0 Å². The zero-order valence-corrected chi connectivity index (χ0v) is 11.6. The summed E-state index contributed by atoms with van der Waals surface area (Å²) in [6, 6.07) is 9.02. The second kappa shape index (κ2) is 6.35. The van der Waals surface area contributed by atoms with E-state index in [0.29, 0.717) is 5.92 Å². The van der Waals surface area contributed by atoms with Gasteiger partial charge in [0.15, 0.2) is 0 Å². The van der Waals surface area contributed by atoms with E-state index in [0.717, 1.165) is 38.9 Å². The molecule has 2 rings (SSSR count). The molecule has 1 fully saturated rings. The Morgan fingerprint density at radius 1 is 1.17 bits per heavy atom. The second-order valence-electron chi connectivity index (χ2n) is 5.72. The molecular formula is C16H25NO. The fourth-order valence-corrected chi connectivity index (χ4v) is 2.50. The molecule has 1 aromatic carbocycles. The number of likely N-dealkylation sites (tertiary alicyclic amines) is 1. The third kappa shape index (κ3) is 3.82. The maximum absolute atomic E-state index is 9.47. The van der Waals surface area contributed by atoms with Gasteiger partial charge in [-0.1, -0.05) is 38.1 Å². The van der Waals surface area contributed by atoms with Crippen LogP contribution in [0.15, 0.2) is 24.3 Å². The lowest BCUT2D eigenvalue weighted by Gasteiger charge is -2.29. The molecule has 0 unspecified atom stereocenters. The number of piperidine rings is 1. The zero-order chi connectivity index (χ0) is 13.0. The van der Waals surface area contributed by atoms with Crippen LogP contribution in [0.5, 0.6) is 0 Å². The third-order valence-corrected chi connectivity index (χ3v) is 3.92. The van der Waals surface area contributed by atoms with Crippen molar-refractivity contribution in [1.82, 2.24) is 4.90 Å². The van der Waals surface area contributed by atoms with Crippen LogP contribution in [0, 0.1) is 0 Å². The van der Waals surface area contributed by atoms with Gasteiger partial charge in [0.2, 0.25) is 0 Å². The lowest BCUT2D eigenvalue weighted by Crippen LogP contribution is -2.37. The quantitative estimate of drug-likeness (QED) is 0.884. The molecule has 100 valence electrons. The van der Waals surface area contributed by atoms with Gasteiger partial charge in [0.05, 0.1) is 6.10 Å². The summed E-state index contributed by atoms with van der Waals surface area (Å²) in [5.74, 6) is 0.614. The van der Waals surface area contributed by atoms with Crippen LogP contribution in [0.4, 0.5) is 0 Å². The molecule has 0 saturated carbocycles. The Morgan fingerprint density at radius 3 is 2.33 bits per heavy atom. The van der Waals surface area contributed by atoms with Crippen LogP contribution in [0.25, 0.3) is 0 Å². The molecule has 2 heteroatoms. The van der Waals surface area contributed by atoms with E-state index in [-0.39, 0.29) is 6.10 Å². The van der Waals surface area contributed by atoms with Crippen LogP contribution < -0.4 is 0 Å². The minimum absolute atomic E-state index is 0.0634. The summed E-state index contributed by atoms with van der Waals surface area (Å²) in [6.07, 6.45) is 2.93. The van der Waals surface area contributed by atoms with E-state index in [1.807, 2.05) is 0 Å². The highest BCUT2D eigenvalue weighted by atomic mass is 16.3. The summed E-state index contributed by atoms with van der Waals surface area (Å²) in [5, 5.41) is 9.47. The lowest BCUT2D eigenvalue weighted by atomic mass is 10.0. The summed E-state index contributed by atoms with van der Waals surface area (Å²) < 4.78 is 0. The van der Waals surface area contributed by atoms with Gasteiger partial charge in [-0.15, -0.1) is 0 Å². The molecule has 0 radical (unpaired) electrons. The maximum Gasteiger partial charge on any atom is 0.0564 e. The lowest BCUT2D eigenvalue weighted by molar-refractivity contribution is 0.0832. The molecule has 0 aromatic heterocycles.